The summed E-state index contributed by atoms with van der Waals surface area (Å²) in [5, 5.41) is 12.5. The van der Waals surface area contributed by atoms with Crippen molar-refractivity contribution < 1.29 is 4.39 Å². The molecule has 0 unspecified atom stereocenters. The summed E-state index contributed by atoms with van der Waals surface area (Å²) in [5.41, 5.74) is 1.75. The van der Waals surface area contributed by atoms with Crippen LogP contribution in [0.3, 0.4) is 0 Å². The van der Waals surface area contributed by atoms with Gasteiger partial charge in [0.1, 0.15) is 11.6 Å². The van der Waals surface area contributed by atoms with E-state index in [2.05, 4.69) is 15.3 Å². The Morgan fingerprint density at radius 1 is 1.10 bits per heavy atom. The van der Waals surface area contributed by atoms with Gasteiger partial charge in [-0.15, -0.1) is 15.3 Å². The van der Waals surface area contributed by atoms with Gasteiger partial charge in [-0.1, -0.05) is 12.1 Å². The number of aryl methyl sites for hydroxylation is 1. The Labute approximate surface area is 115 Å². The quantitative estimate of drug-likeness (QED) is 0.732. The van der Waals surface area contributed by atoms with Crippen LogP contribution in [0.25, 0.3) is 5.65 Å². The molecule has 6 heteroatoms. The average Bonchev–Trinajstić information content (AvgIpc) is 2.82. The van der Waals surface area contributed by atoms with Crippen LogP contribution >= 0.6 is 0 Å². The number of halogens is 1. The van der Waals surface area contributed by atoms with Crippen LogP contribution in [0, 0.1) is 12.7 Å². The summed E-state index contributed by atoms with van der Waals surface area (Å²) in [5.74, 6) is 1.33. The third kappa shape index (κ3) is 2.32. The molecule has 0 fully saturated rings. The number of hydrogen-bond donors (Lipinski definition) is 0. The maximum atomic E-state index is 12.9. The van der Waals surface area contributed by atoms with E-state index < -0.39 is 0 Å². The number of nitrogens with zero attached hydrogens (tertiary/aromatic N) is 5. The minimum atomic E-state index is -0.226. The second-order valence-electron chi connectivity index (χ2n) is 4.69. The molecule has 0 N–H and O–H groups in total. The molecule has 3 aromatic rings. The van der Waals surface area contributed by atoms with E-state index in [1.165, 1.54) is 12.1 Å². The SMILES string of the molecule is Cc1nnc2ccc(N(C)Cc3ccc(F)cc3)nn12. The van der Waals surface area contributed by atoms with Gasteiger partial charge in [0.15, 0.2) is 11.5 Å². The highest BCUT2D eigenvalue weighted by molar-refractivity contribution is 5.45. The number of benzene rings is 1. The lowest BCUT2D eigenvalue weighted by Crippen LogP contribution is -2.18. The zero-order chi connectivity index (χ0) is 14.1. The normalized spacial score (nSPS) is 10.9. The fourth-order valence-corrected chi connectivity index (χ4v) is 2.03. The van der Waals surface area contributed by atoms with Gasteiger partial charge in [-0.05, 0) is 36.8 Å². The zero-order valence-corrected chi connectivity index (χ0v) is 11.3. The van der Waals surface area contributed by atoms with E-state index in [9.17, 15) is 4.39 Å². The predicted octanol–water partition coefficient (Wildman–Crippen LogP) is 2.21. The summed E-state index contributed by atoms with van der Waals surface area (Å²) >= 11 is 0. The van der Waals surface area contributed by atoms with E-state index in [-0.39, 0.29) is 5.82 Å². The monoisotopic (exact) mass is 271 g/mol. The molecule has 3 rings (SSSR count). The molecule has 0 saturated heterocycles. The van der Waals surface area contributed by atoms with Crippen LogP contribution in [-0.4, -0.2) is 26.9 Å². The number of rotatable bonds is 3. The van der Waals surface area contributed by atoms with Crippen LogP contribution in [0.5, 0.6) is 0 Å². The number of anilines is 1. The molecule has 2 heterocycles. The van der Waals surface area contributed by atoms with Crippen molar-refractivity contribution in [3.63, 3.8) is 0 Å². The highest BCUT2D eigenvalue weighted by Gasteiger charge is 2.07. The Hall–Kier alpha value is -2.50. The van der Waals surface area contributed by atoms with Crippen LogP contribution in [0.4, 0.5) is 10.2 Å². The molecule has 0 radical (unpaired) electrons. The molecule has 0 saturated carbocycles. The second kappa shape index (κ2) is 4.88. The van der Waals surface area contributed by atoms with Crippen molar-refractivity contribution in [2.45, 2.75) is 13.5 Å². The molecule has 0 atom stereocenters. The molecular weight excluding hydrogens is 257 g/mol. The lowest BCUT2D eigenvalue weighted by molar-refractivity contribution is 0.627. The van der Waals surface area contributed by atoms with Gasteiger partial charge in [-0.25, -0.2) is 4.39 Å². The summed E-state index contributed by atoms with van der Waals surface area (Å²) in [6, 6.07) is 10.2. The molecule has 5 nitrogen and oxygen atoms in total. The second-order valence-corrected chi connectivity index (χ2v) is 4.69. The molecule has 20 heavy (non-hydrogen) atoms. The Kier molecular flexibility index (Phi) is 3.06. The average molecular weight is 271 g/mol. The number of aromatic nitrogens is 4. The molecule has 0 aliphatic heterocycles. The predicted molar refractivity (Wildman–Crippen MR) is 74.0 cm³/mol. The number of hydrogen-bond acceptors (Lipinski definition) is 4. The molecule has 0 bridgehead atoms. The van der Waals surface area contributed by atoms with Crippen LogP contribution < -0.4 is 4.90 Å². The largest absolute Gasteiger partial charge is 0.354 e. The molecule has 1 aromatic carbocycles. The third-order valence-corrected chi connectivity index (χ3v) is 3.13. The first-order valence-corrected chi connectivity index (χ1v) is 6.28. The summed E-state index contributed by atoms with van der Waals surface area (Å²) < 4.78 is 14.6. The fraction of sp³-hybridized carbons (Fsp3) is 0.214. The summed E-state index contributed by atoms with van der Waals surface area (Å²) in [6.45, 7) is 2.51. The van der Waals surface area contributed by atoms with Crippen molar-refractivity contribution in [2.75, 3.05) is 11.9 Å². The molecule has 0 aliphatic rings. The van der Waals surface area contributed by atoms with Gasteiger partial charge < -0.3 is 4.90 Å². The van der Waals surface area contributed by atoms with Gasteiger partial charge in [0.25, 0.3) is 0 Å². The summed E-state index contributed by atoms with van der Waals surface area (Å²) in [6.07, 6.45) is 0. The first kappa shape index (κ1) is 12.5. The fourth-order valence-electron chi connectivity index (χ4n) is 2.03. The lowest BCUT2D eigenvalue weighted by Gasteiger charge is -2.18. The molecule has 0 amide bonds. The Morgan fingerprint density at radius 3 is 2.60 bits per heavy atom. The minimum absolute atomic E-state index is 0.226. The van der Waals surface area contributed by atoms with Gasteiger partial charge in [-0.3, -0.25) is 0 Å². The topological polar surface area (TPSA) is 46.3 Å². The van der Waals surface area contributed by atoms with E-state index in [1.807, 2.05) is 31.0 Å². The van der Waals surface area contributed by atoms with Crippen molar-refractivity contribution in [1.82, 2.24) is 19.8 Å². The van der Waals surface area contributed by atoms with E-state index >= 15 is 0 Å². The lowest BCUT2D eigenvalue weighted by atomic mass is 10.2. The van der Waals surface area contributed by atoms with Crippen LogP contribution in [0.15, 0.2) is 36.4 Å². The van der Waals surface area contributed by atoms with Gasteiger partial charge >= 0.3 is 0 Å². The smallest absolute Gasteiger partial charge is 0.178 e. The molecular formula is C14H14FN5. The summed E-state index contributed by atoms with van der Waals surface area (Å²) in [4.78, 5) is 1.99. The van der Waals surface area contributed by atoms with Gasteiger partial charge in [0, 0.05) is 13.6 Å². The molecule has 0 aliphatic carbocycles. The Balaban J connectivity index is 1.86. The highest BCUT2D eigenvalue weighted by Crippen LogP contribution is 2.14. The van der Waals surface area contributed by atoms with Gasteiger partial charge in [0.05, 0.1) is 0 Å². The van der Waals surface area contributed by atoms with Crippen LogP contribution in [-0.2, 0) is 6.54 Å². The molecule has 102 valence electrons. The standard InChI is InChI=1S/C14H14FN5/c1-10-16-17-13-7-8-14(18-20(10)13)19(2)9-11-3-5-12(15)6-4-11/h3-8H,9H2,1-2H3. The van der Waals surface area contributed by atoms with E-state index in [1.54, 1.807) is 16.6 Å². The Morgan fingerprint density at radius 2 is 1.85 bits per heavy atom. The Bertz CT molecular complexity index is 735. The van der Waals surface area contributed by atoms with E-state index in [0.29, 0.717) is 6.54 Å². The van der Waals surface area contributed by atoms with Crippen molar-refractivity contribution in [2.24, 2.45) is 0 Å². The maximum Gasteiger partial charge on any atom is 0.178 e. The molecule has 0 spiro atoms. The minimum Gasteiger partial charge on any atom is -0.354 e. The third-order valence-electron chi connectivity index (χ3n) is 3.13. The van der Waals surface area contributed by atoms with Crippen molar-refractivity contribution in [1.29, 1.82) is 0 Å². The first-order valence-electron chi connectivity index (χ1n) is 6.28. The maximum absolute atomic E-state index is 12.9. The van der Waals surface area contributed by atoms with E-state index in [4.69, 9.17) is 0 Å². The first-order chi connectivity index (χ1) is 9.63. The van der Waals surface area contributed by atoms with Crippen LogP contribution in [0.1, 0.15) is 11.4 Å². The molecule has 2 aromatic heterocycles. The highest BCUT2D eigenvalue weighted by atomic mass is 19.1. The van der Waals surface area contributed by atoms with Crippen molar-refractivity contribution >= 4 is 11.5 Å². The van der Waals surface area contributed by atoms with Crippen molar-refractivity contribution in [3.8, 4) is 0 Å². The summed E-state index contributed by atoms with van der Waals surface area (Å²) in [7, 11) is 1.94. The van der Waals surface area contributed by atoms with Crippen molar-refractivity contribution in [3.05, 3.63) is 53.6 Å². The van der Waals surface area contributed by atoms with Gasteiger partial charge in [-0.2, -0.15) is 4.52 Å². The van der Waals surface area contributed by atoms with Crippen LogP contribution in [0.2, 0.25) is 0 Å². The zero-order valence-electron chi connectivity index (χ0n) is 11.3. The van der Waals surface area contributed by atoms with Gasteiger partial charge in [0.2, 0.25) is 0 Å². The number of fused-ring (bicyclic) bond motifs is 1. The van der Waals surface area contributed by atoms with E-state index in [0.717, 1.165) is 22.9 Å².